The Morgan fingerprint density at radius 2 is 1.90 bits per heavy atom. The highest BCUT2D eigenvalue weighted by Crippen LogP contribution is 2.17. The number of nitro groups is 1. The number of hydrogen-bond acceptors (Lipinski definition) is 4. The van der Waals surface area contributed by atoms with Gasteiger partial charge in [0.15, 0.2) is 0 Å². The van der Waals surface area contributed by atoms with Crippen LogP contribution in [0.5, 0.6) is 0 Å². The number of carbonyl (C=O) groups excluding carboxylic acids is 2. The Labute approximate surface area is 122 Å². The maximum absolute atomic E-state index is 12.0. The van der Waals surface area contributed by atoms with Gasteiger partial charge in [0.05, 0.1) is 4.92 Å². The maximum Gasteiger partial charge on any atom is 0.271 e. The van der Waals surface area contributed by atoms with Gasteiger partial charge in [-0.3, -0.25) is 19.7 Å². The maximum atomic E-state index is 12.0. The molecule has 2 amide bonds. The molecule has 0 spiro atoms. The molecule has 21 heavy (non-hydrogen) atoms. The highest BCUT2D eigenvalue weighted by molar-refractivity contribution is 5.97. The predicted octanol–water partition coefficient (Wildman–Crippen LogP) is 2.08. The van der Waals surface area contributed by atoms with Crippen molar-refractivity contribution in [1.29, 1.82) is 0 Å². The summed E-state index contributed by atoms with van der Waals surface area (Å²) in [6, 6.07) is 4.88. The zero-order valence-electron chi connectivity index (χ0n) is 12.5. The molecule has 1 aromatic carbocycles. The van der Waals surface area contributed by atoms with Crippen molar-refractivity contribution in [2.24, 2.45) is 5.41 Å². The summed E-state index contributed by atoms with van der Waals surface area (Å²) in [4.78, 5) is 33.9. The molecule has 0 aliphatic rings. The lowest BCUT2D eigenvalue weighted by Gasteiger charge is -2.21. The molecular formula is C14H19N3O4. The molecule has 0 saturated heterocycles. The monoisotopic (exact) mass is 293 g/mol. The Hall–Kier alpha value is -2.44. The summed E-state index contributed by atoms with van der Waals surface area (Å²) < 4.78 is 0. The topological polar surface area (TPSA) is 101 Å². The van der Waals surface area contributed by atoms with Crippen molar-refractivity contribution in [3.05, 3.63) is 34.4 Å². The molecule has 0 heterocycles. The molecule has 0 bridgehead atoms. The SMILES string of the molecule is CC(NC(=O)C(C)(C)C)C(=O)Nc1cccc([N+](=O)[O-])c1. The van der Waals surface area contributed by atoms with Crippen LogP contribution in [0.3, 0.4) is 0 Å². The fourth-order valence-corrected chi connectivity index (χ4v) is 1.43. The summed E-state index contributed by atoms with van der Waals surface area (Å²) in [6.07, 6.45) is 0. The van der Waals surface area contributed by atoms with Crippen LogP contribution in [0.1, 0.15) is 27.7 Å². The summed E-state index contributed by atoms with van der Waals surface area (Å²) in [6.45, 7) is 6.78. The summed E-state index contributed by atoms with van der Waals surface area (Å²) in [7, 11) is 0. The third-order valence-electron chi connectivity index (χ3n) is 2.75. The third-order valence-corrected chi connectivity index (χ3v) is 2.75. The average Bonchev–Trinajstić information content (AvgIpc) is 2.37. The highest BCUT2D eigenvalue weighted by Gasteiger charge is 2.25. The number of carbonyl (C=O) groups is 2. The second kappa shape index (κ2) is 6.34. The van der Waals surface area contributed by atoms with E-state index in [0.717, 1.165) is 0 Å². The molecular weight excluding hydrogens is 274 g/mol. The van der Waals surface area contributed by atoms with E-state index in [2.05, 4.69) is 10.6 Å². The van der Waals surface area contributed by atoms with E-state index >= 15 is 0 Å². The van der Waals surface area contributed by atoms with Crippen LogP contribution in [-0.4, -0.2) is 22.8 Å². The number of benzene rings is 1. The van der Waals surface area contributed by atoms with Gasteiger partial charge in [-0.15, -0.1) is 0 Å². The van der Waals surface area contributed by atoms with Crippen molar-refractivity contribution < 1.29 is 14.5 Å². The quantitative estimate of drug-likeness (QED) is 0.655. The van der Waals surface area contributed by atoms with E-state index in [9.17, 15) is 19.7 Å². The molecule has 1 aromatic rings. The number of nitrogens with zero attached hydrogens (tertiary/aromatic N) is 1. The second-order valence-electron chi connectivity index (χ2n) is 5.74. The van der Waals surface area contributed by atoms with Gasteiger partial charge in [-0.2, -0.15) is 0 Å². The lowest BCUT2D eigenvalue weighted by Crippen LogP contribution is -2.46. The predicted molar refractivity (Wildman–Crippen MR) is 78.8 cm³/mol. The zero-order chi connectivity index (χ0) is 16.2. The van der Waals surface area contributed by atoms with Gasteiger partial charge in [0.2, 0.25) is 11.8 Å². The fourth-order valence-electron chi connectivity index (χ4n) is 1.43. The van der Waals surface area contributed by atoms with Crippen LogP contribution in [0.25, 0.3) is 0 Å². The molecule has 0 aliphatic heterocycles. The molecule has 7 nitrogen and oxygen atoms in total. The highest BCUT2D eigenvalue weighted by atomic mass is 16.6. The number of non-ortho nitro benzene ring substituents is 1. The molecule has 114 valence electrons. The van der Waals surface area contributed by atoms with E-state index in [0.29, 0.717) is 5.69 Å². The zero-order valence-corrected chi connectivity index (χ0v) is 12.5. The van der Waals surface area contributed by atoms with E-state index in [4.69, 9.17) is 0 Å². The van der Waals surface area contributed by atoms with Gasteiger partial charge in [-0.25, -0.2) is 0 Å². The number of amides is 2. The molecule has 0 aromatic heterocycles. The fraction of sp³-hybridized carbons (Fsp3) is 0.429. The molecule has 1 atom stereocenters. The summed E-state index contributed by atoms with van der Waals surface area (Å²) in [5, 5.41) is 15.8. The Balaban J connectivity index is 2.71. The van der Waals surface area contributed by atoms with Gasteiger partial charge in [0.1, 0.15) is 6.04 Å². The Morgan fingerprint density at radius 1 is 1.29 bits per heavy atom. The number of anilines is 1. The van der Waals surface area contributed by atoms with Crippen molar-refractivity contribution in [2.75, 3.05) is 5.32 Å². The van der Waals surface area contributed by atoms with Crippen LogP contribution in [-0.2, 0) is 9.59 Å². The molecule has 0 saturated carbocycles. The third kappa shape index (κ3) is 4.87. The molecule has 0 radical (unpaired) electrons. The first-order valence-corrected chi connectivity index (χ1v) is 6.47. The normalized spacial score (nSPS) is 12.4. The molecule has 0 fully saturated rings. The largest absolute Gasteiger partial charge is 0.344 e. The molecule has 1 rings (SSSR count). The molecule has 1 unspecified atom stereocenters. The van der Waals surface area contributed by atoms with Gasteiger partial charge in [0.25, 0.3) is 5.69 Å². The molecule has 2 N–H and O–H groups in total. The van der Waals surface area contributed by atoms with Crippen molar-refractivity contribution in [2.45, 2.75) is 33.7 Å². The van der Waals surface area contributed by atoms with Crippen LogP contribution in [0.2, 0.25) is 0 Å². The minimum Gasteiger partial charge on any atom is -0.344 e. The van der Waals surface area contributed by atoms with E-state index in [1.54, 1.807) is 33.8 Å². The second-order valence-corrected chi connectivity index (χ2v) is 5.74. The van der Waals surface area contributed by atoms with Crippen molar-refractivity contribution in [1.82, 2.24) is 5.32 Å². The van der Waals surface area contributed by atoms with Crippen molar-refractivity contribution in [3.63, 3.8) is 0 Å². The van der Waals surface area contributed by atoms with Gasteiger partial charge in [0, 0.05) is 23.2 Å². The van der Waals surface area contributed by atoms with Gasteiger partial charge < -0.3 is 10.6 Å². The summed E-state index contributed by atoms with van der Waals surface area (Å²) >= 11 is 0. The number of nitrogens with one attached hydrogen (secondary N) is 2. The average molecular weight is 293 g/mol. The van der Waals surface area contributed by atoms with Crippen molar-refractivity contribution >= 4 is 23.2 Å². The van der Waals surface area contributed by atoms with Crippen molar-refractivity contribution in [3.8, 4) is 0 Å². The van der Waals surface area contributed by atoms with Crippen LogP contribution >= 0.6 is 0 Å². The molecule has 0 aliphatic carbocycles. The lowest BCUT2D eigenvalue weighted by molar-refractivity contribution is -0.384. The van der Waals surface area contributed by atoms with Gasteiger partial charge >= 0.3 is 0 Å². The lowest BCUT2D eigenvalue weighted by atomic mass is 9.95. The standard InChI is InChI=1S/C14H19N3O4/c1-9(15-13(19)14(2,3)4)12(18)16-10-6-5-7-11(8-10)17(20)21/h5-9H,1-4H3,(H,15,19)(H,16,18). The Bertz CT molecular complexity index is 564. The minimum absolute atomic E-state index is 0.112. The van der Waals surface area contributed by atoms with Crippen LogP contribution < -0.4 is 10.6 Å². The Morgan fingerprint density at radius 3 is 2.43 bits per heavy atom. The van der Waals surface area contributed by atoms with Crippen LogP contribution in [0.4, 0.5) is 11.4 Å². The van der Waals surface area contributed by atoms with E-state index in [-0.39, 0.29) is 11.6 Å². The Kier molecular flexibility index (Phi) is 5.02. The van der Waals surface area contributed by atoms with E-state index < -0.39 is 22.3 Å². The first-order chi connectivity index (χ1) is 9.61. The summed E-state index contributed by atoms with van der Waals surface area (Å²) in [5.74, 6) is -0.683. The minimum atomic E-state index is -0.740. The first-order valence-electron chi connectivity index (χ1n) is 6.47. The van der Waals surface area contributed by atoms with Crippen LogP contribution in [0.15, 0.2) is 24.3 Å². The van der Waals surface area contributed by atoms with E-state index in [1.807, 2.05) is 0 Å². The summed E-state index contributed by atoms with van der Waals surface area (Å²) in [5.41, 5.74) is -0.398. The molecule has 7 heteroatoms. The van der Waals surface area contributed by atoms with Gasteiger partial charge in [-0.1, -0.05) is 26.8 Å². The number of nitro benzene ring substituents is 1. The van der Waals surface area contributed by atoms with E-state index in [1.165, 1.54) is 18.2 Å². The number of hydrogen-bond donors (Lipinski definition) is 2. The number of rotatable bonds is 4. The first kappa shape index (κ1) is 16.6. The van der Waals surface area contributed by atoms with Gasteiger partial charge in [-0.05, 0) is 13.0 Å². The van der Waals surface area contributed by atoms with Crippen LogP contribution in [0, 0.1) is 15.5 Å². The smallest absolute Gasteiger partial charge is 0.271 e.